The van der Waals surface area contributed by atoms with Gasteiger partial charge in [-0.3, -0.25) is 14.8 Å². The molecule has 0 radical (unpaired) electrons. The topological polar surface area (TPSA) is 109 Å². The first kappa shape index (κ1) is 16.8. The van der Waals surface area contributed by atoms with Gasteiger partial charge in [0.15, 0.2) is 16.6 Å². The normalized spacial score (nSPS) is 13.2. The maximum Gasteiger partial charge on any atom is 0.271 e. The number of nitrogens with zero attached hydrogens (tertiary/aromatic N) is 4. The minimum absolute atomic E-state index is 0.0178. The molecule has 0 bridgehead atoms. The maximum atomic E-state index is 11.6. The van der Waals surface area contributed by atoms with Crippen LogP contribution in [0.4, 0.5) is 17.1 Å². The van der Waals surface area contributed by atoms with Crippen LogP contribution in [-0.4, -0.2) is 35.3 Å². The second kappa shape index (κ2) is 6.83. The molecule has 0 atom stereocenters. The van der Waals surface area contributed by atoms with Crippen molar-refractivity contribution in [3.8, 4) is 5.75 Å². The van der Waals surface area contributed by atoms with E-state index in [4.69, 9.17) is 22.1 Å². The molecule has 130 valence electrons. The number of ether oxygens (including phenoxy) is 1. The Balaban J connectivity index is 2.00. The number of nitrogens with two attached hydrogens (primary N) is 1. The first-order chi connectivity index (χ1) is 12.0. The molecule has 1 aliphatic rings. The van der Waals surface area contributed by atoms with Crippen LogP contribution < -0.4 is 26.3 Å². The predicted molar refractivity (Wildman–Crippen MR) is 94.4 cm³/mol. The van der Waals surface area contributed by atoms with Crippen molar-refractivity contribution in [2.45, 2.75) is 0 Å². The molecule has 0 unspecified atom stereocenters. The van der Waals surface area contributed by atoms with Gasteiger partial charge in [-0.05, 0) is 12.1 Å². The number of benzene rings is 1. The zero-order valence-electron chi connectivity index (χ0n) is 13.5. The summed E-state index contributed by atoms with van der Waals surface area (Å²) >= 11 is 5.88. The van der Waals surface area contributed by atoms with E-state index in [2.05, 4.69) is 21.0 Å². The summed E-state index contributed by atoms with van der Waals surface area (Å²) in [5.74, 6) is -0.161. The predicted octanol–water partition coefficient (Wildman–Crippen LogP) is 1.62. The van der Waals surface area contributed by atoms with Crippen molar-refractivity contribution in [1.82, 2.24) is 20.7 Å². The first-order valence-electron chi connectivity index (χ1n) is 7.23. The van der Waals surface area contributed by atoms with E-state index in [1.807, 2.05) is 31.6 Å². The zero-order valence-corrected chi connectivity index (χ0v) is 14.3. The summed E-state index contributed by atoms with van der Waals surface area (Å²) in [5.41, 5.74) is 10.1. The number of hydrogen-bond donors (Lipinski definition) is 3. The van der Waals surface area contributed by atoms with Crippen molar-refractivity contribution in [3.63, 3.8) is 0 Å². The van der Waals surface area contributed by atoms with Gasteiger partial charge in [-0.25, -0.2) is 0 Å². The number of carbonyl (C=O) groups excluding carboxylic acids is 1. The highest BCUT2D eigenvalue weighted by molar-refractivity contribution is 6.29. The molecule has 3 rings (SSSR count). The van der Waals surface area contributed by atoms with Gasteiger partial charge in [-0.1, -0.05) is 17.7 Å². The highest BCUT2D eigenvalue weighted by Crippen LogP contribution is 2.38. The Labute approximate surface area is 149 Å². The van der Waals surface area contributed by atoms with Gasteiger partial charge in [-0.2, -0.15) is 0 Å². The highest BCUT2D eigenvalue weighted by Gasteiger charge is 2.19. The van der Waals surface area contributed by atoms with Crippen LogP contribution in [0.15, 0.2) is 36.7 Å². The number of hydrazine groups is 2. The van der Waals surface area contributed by atoms with E-state index in [9.17, 15) is 4.79 Å². The Morgan fingerprint density at radius 1 is 1.32 bits per heavy atom. The molecule has 0 spiro atoms. The molecule has 1 aliphatic heterocycles. The Morgan fingerprint density at radius 3 is 2.76 bits per heavy atom. The van der Waals surface area contributed by atoms with Crippen LogP contribution >= 0.6 is 11.6 Å². The first-order valence-corrected chi connectivity index (χ1v) is 7.61. The Kier molecular flexibility index (Phi) is 4.59. The molecule has 2 heterocycles. The minimum atomic E-state index is -0.715. The van der Waals surface area contributed by atoms with Crippen LogP contribution in [0.25, 0.3) is 0 Å². The quantitative estimate of drug-likeness (QED) is 0.737. The number of carbonyl (C=O) groups is 1. The van der Waals surface area contributed by atoms with E-state index in [-0.39, 0.29) is 10.8 Å². The second-order valence-corrected chi connectivity index (χ2v) is 5.54. The third-order valence-corrected chi connectivity index (χ3v) is 3.61. The smallest absolute Gasteiger partial charge is 0.271 e. The van der Waals surface area contributed by atoms with E-state index < -0.39 is 5.91 Å². The Bertz CT molecular complexity index is 843. The molecule has 0 fully saturated rings. The molecular formula is C15H16ClN7O2. The number of para-hydroxylation sites is 1. The van der Waals surface area contributed by atoms with Crippen molar-refractivity contribution in [1.29, 1.82) is 0 Å². The highest BCUT2D eigenvalue weighted by atomic mass is 35.5. The molecule has 0 saturated carbocycles. The van der Waals surface area contributed by atoms with Gasteiger partial charge >= 0.3 is 0 Å². The molecule has 0 saturated heterocycles. The molecule has 25 heavy (non-hydrogen) atoms. The Hall–Kier alpha value is -3.04. The average Bonchev–Trinajstić information content (AvgIpc) is 3.00. The number of halogens is 1. The van der Waals surface area contributed by atoms with Crippen LogP contribution in [0, 0.1) is 0 Å². The molecular weight excluding hydrogens is 346 g/mol. The standard InChI is InChI=1S/C15H16ClN7O2/c1-22-6-7-23(21-22)11-5-3-4-9(14(11)25-2)18-10-8-12(16)19-20-13(10)15(17)24/h3-8,21H,1-2H3,(H2,17,24)(H,18,19). The van der Waals surface area contributed by atoms with Crippen LogP contribution in [0.5, 0.6) is 5.75 Å². The molecule has 10 heteroatoms. The van der Waals surface area contributed by atoms with Crippen LogP contribution in [0.3, 0.4) is 0 Å². The summed E-state index contributed by atoms with van der Waals surface area (Å²) in [4.78, 5) is 11.6. The van der Waals surface area contributed by atoms with Gasteiger partial charge in [0.05, 0.1) is 18.5 Å². The molecule has 1 aromatic carbocycles. The zero-order chi connectivity index (χ0) is 18.0. The monoisotopic (exact) mass is 361 g/mol. The Morgan fingerprint density at radius 2 is 2.12 bits per heavy atom. The minimum Gasteiger partial charge on any atom is -0.492 e. The van der Waals surface area contributed by atoms with Gasteiger partial charge in [0, 0.05) is 25.5 Å². The third-order valence-electron chi connectivity index (χ3n) is 3.43. The summed E-state index contributed by atoms with van der Waals surface area (Å²) in [5, 5.41) is 14.2. The van der Waals surface area contributed by atoms with Gasteiger partial charge in [-0.15, -0.1) is 15.7 Å². The van der Waals surface area contributed by atoms with Crippen molar-refractivity contribution >= 4 is 34.6 Å². The number of primary amides is 1. The lowest BCUT2D eigenvalue weighted by Gasteiger charge is -2.23. The second-order valence-electron chi connectivity index (χ2n) is 5.16. The maximum absolute atomic E-state index is 11.6. The SMILES string of the molecule is COc1c(Nc2cc(Cl)nnc2C(N)=O)cccc1N1C=CN(C)N1. The van der Waals surface area contributed by atoms with E-state index >= 15 is 0 Å². The number of methoxy groups -OCH3 is 1. The number of nitrogens with one attached hydrogen (secondary N) is 2. The van der Waals surface area contributed by atoms with E-state index in [1.165, 1.54) is 6.07 Å². The molecule has 1 amide bonds. The van der Waals surface area contributed by atoms with E-state index in [0.29, 0.717) is 17.1 Å². The average molecular weight is 362 g/mol. The lowest BCUT2D eigenvalue weighted by molar-refractivity contribution is 0.0995. The summed E-state index contributed by atoms with van der Waals surface area (Å²) < 4.78 is 5.55. The van der Waals surface area contributed by atoms with Crippen LogP contribution in [0.2, 0.25) is 5.15 Å². The largest absolute Gasteiger partial charge is 0.492 e. The van der Waals surface area contributed by atoms with Crippen molar-refractivity contribution in [3.05, 3.63) is 47.5 Å². The molecule has 1 aromatic heterocycles. The lowest BCUT2D eigenvalue weighted by Crippen LogP contribution is -2.37. The number of hydrogen-bond acceptors (Lipinski definition) is 8. The van der Waals surface area contributed by atoms with Crippen molar-refractivity contribution < 1.29 is 9.53 Å². The van der Waals surface area contributed by atoms with Crippen molar-refractivity contribution in [2.75, 3.05) is 24.5 Å². The van der Waals surface area contributed by atoms with Gasteiger partial charge in [0.1, 0.15) is 5.69 Å². The lowest BCUT2D eigenvalue weighted by atomic mass is 10.2. The molecule has 9 nitrogen and oxygen atoms in total. The molecule has 0 aliphatic carbocycles. The van der Waals surface area contributed by atoms with E-state index in [1.54, 1.807) is 23.2 Å². The fourth-order valence-corrected chi connectivity index (χ4v) is 2.50. The molecule has 4 N–H and O–H groups in total. The van der Waals surface area contributed by atoms with Gasteiger partial charge in [0.25, 0.3) is 5.91 Å². The van der Waals surface area contributed by atoms with Gasteiger partial charge in [0.2, 0.25) is 0 Å². The summed E-state index contributed by atoms with van der Waals surface area (Å²) in [6.45, 7) is 0. The molecule has 2 aromatic rings. The summed E-state index contributed by atoms with van der Waals surface area (Å²) in [6, 6.07) is 7.00. The van der Waals surface area contributed by atoms with Crippen LogP contribution in [0.1, 0.15) is 10.5 Å². The fraction of sp³-hybridized carbons (Fsp3) is 0.133. The number of anilines is 3. The third kappa shape index (κ3) is 3.42. The van der Waals surface area contributed by atoms with Gasteiger partial charge < -0.3 is 15.8 Å². The van der Waals surface area contributed by atoms with Crippen LogP contribution in [-0.2, 0) is 0 Å². The summed E-state index contributed by atoms with van der Waals surface area (Å²) in [7, 11) is 3.43. The summed E-state index contributed by atoms with van der Waals surface area (Å²) in [6.07, 6.45) is 3.71. The number of aromatic nitrogens is 2. The van der Waals surface area contributed by atoms with Crippen molar-refractivity contribution in [2.24, 2.45) is 5.73 Å². The fourth-order valence-electron chi connectivity index (χ4n) is 2.36. The number of amides is 1. The van der Waals surface area contributed by atoms with E-state index in [0.717, 1.165) is 5.69 Å². The number of rotatable bonds is 5.